The number of carbonyl (C=O) groups excluding carboxylic acids is 1. The molecule has 1 N–H and O–H groups in total. The number of ether oxygens (including phenoxy) is 1. The number of nitrogens with zero attached hydrogens (tertiary/aromatic N) is 3. The van der Waals surface area contributed by atoms with Crippen LogP contribution in [0.2, 0.25) is 0 Å². The highest BCUT2D eigenvalue weighted by molar-refractivity contribution is 6.07. The Morgan fingerprint density at radius 3 is 2.73 bits per heavy atom. The Balaban J connectivity index is 1.68. The third-order valence-electron chi connectivity index (χ3n) is 4.35. The molecule has 0 fully saturated rings. The lowest BCUT2D eigenvalue weighted by Crippen LogP contribution is -2.12. The van der Waals surface area contributed by atoms with Crippen molar-refractivity contribution in [2.45, 2.75) is 6.92 Å². The van der Waals surface area contributed by atoms with Crippen molar-refractivity contribution in [1.29, 1.82) is 5.26 Å². The van der Waals surface area contributed by atoms with Crippen LogP contribution in [0.15, 0.2) is 77.3 Å². The van der Waals surface area contributed by atoms with E-state index >= 15 is 0 Å². The summed E-state index contributed by atoms with van der Waals surface area (Å²) < 4.78 is 12.7. The van der Waals surface area contributed by atoms with Gasteiger partial charge in [0.15, 0.2) is 12.4 Å². The van der Waals surface area contributed by atoms with Crippen LogP contribution in [0, 0.1) is 18.3 Å². The van der Waals surface area contributed by atoms with Gasteiger partial charge in [-0.3, -0.25) is 4.79 Å². The second-order valence-electron chi connectivity index (χ2n) is 6.51. The normalized spacial score (nSPS) is 10.4. The van der Waals surface area contributed by atoms with Gasteiger partial charge >= 0.3 is 0 Å². The van der Waals surface area contributed by atoms with Crippen molar-refractivity contribution in [1.82, 2.24) is 9.78 Å². The molecule has 148 valence electrons. The lowest BCUT2D eigenvalue weighted by Gasteiger charge is -2.07. The van der Waals surface area contributed by atoms with Gasteiger partial charge in [0.25, 0.3) is 5.91 Å². The number of aromatic nitrogens is 2. The zero-order valence-electron chi connectivity index (χ0n) is 16.2. The van der Waals surface area contributed by atoms with Crippen LogP contribution >= 0.6 is 0 Å². The Hall–Kier alpha value is -4.31. The van der Waals surface area contributed by atoms with Crippen LogP contribution in [-0.4, -0.2) is 22.3 Å². The van der Waals surface area contributed by atoms with Crippen molar-refractivity contribution in [3.8, 4) is 29.0 Å². The monoisotopic (exact) mass is 398 g/mol. The Labute approximate surface area is 173 Å². The van der Waals surface area contributed by atoms with E-state index in [2.05, 4.69) is 10.4 Å². The number of amides is 1. The van der Waals surface area contributed by atoms with E-state index in [1.54, 1.807) is 41.2 Å². The minimum absolute atomic E-state index is 0.0662. The number of nitrogens with one attached hydrogen (secondary N) is 1. The molecular weight excluding hydrogens is 380 g/mol. The summed E-state index contributed by atoms with van der Waals surface area (Å²) in [5.41, 5.74) is 2.19. The number of carbonyl (C=O) groups is 1. The van der Waals surface area contributed by atoms with Gasteiger partial charge in [0.05, 0.1) is 11.3 Å². The maximum absolute atomic E-state index is 13.1. The summed E-state index contributed by atoms with van der Waals surface area (Å²) in [4.78, 5) is 13.1. The van der Waals surface area contributed by atoms with Gasteiger partial charge in [-0.1, -0.05) is 24.3 Å². The third kappa shape index (κ3) is 4.08. The summed E-state index contributed by atoms with van der Waals surface area (Å²) in [6, 6.07) is 21.9. The van der Waals surface area contributed by atoms with E-state index in [0.29, 0.717) is 28.5 Å². The van der Waals surface area contributed by atoms with Gasteiger partial charge in [0.1, 0.15) is 23.3 Å². The molecule has 0 spiro atoms. The van der Waals surface area contributed by atoms with Crippen molar-refractivity contribution < 1.29 is 13.9 Å². The first kappa shape index (κ1) is 19.0. The van der Waals surface area contributed by atoms with Gasteiger partial charge in [-0.25, -0.2) is 4.68 Å². The molecule has 0 aliphatic heterocycles. The average Bonchev–Trinajstić information content (AvgIpc) is 3.40. The highest BCUT2D eigenvalue weighted by Gasteiger charge is 2.21. The molecule has 2 aromatic carbocycles. The molecule has 4 rings (SSSR count). The molecule has 1 amide bonds. The first-order chi connectivity index (χ1) is 14.6. The van der Waals surface area contributed by atoms with Crippen LogP contribution in [0.25, 0.3) is 17.1 Å². The standard InChI is InChI=1S/C23H18N4O3/c1-16-10-11-21(30-16)22-20(15-27(26-22)18-7-3-2-4-8-18)23(28)25-17-6-5-9-19(14-17)29-13-12-24/h2-11,14-15H,13H2,1H3,(H,25,28). The van der Waals surface area contributed by atoms with E-state index < -0.39 is 0 Å². The lowest BCUT2D eigenvalue weighted by molar-refractivity contribution is 0.102. The predicted molar refractivity (Wildman–Crippen MR) is 112 cm³/mol. The van der Waals surface area contributed by atoms with Crippen LogP contribution in [0.1, 0.15) is 16.1 Å². The van der Waals surface area contributed by atoms with Crippen LogP contribution in [0.4, 0.5) is 5.69 Å². The van der Waals surface area contributed by atoms with Crippen molar-refractivity contribution in [3.63, 3.8) is 0 Å². The number of para-hydroxylation sites is 1. The minimum atomic E-state index is -0.335. The lowest BCUT2D eigenvalue weighted by atomic mass is 10.2. The molecule has 2 heterocycles. The molecule has 7 heteroatoms. The molecule has 0 radical (unpaired) electrons. The first-order valence-corrected chi connectivity index (χ1v) is 9.27. The average molecular weight is 398 g/mol. The van der Waals surface area contributed by atoms with Gasteiger partial charge in [0.2, 0.25) is 0 Å². The van der Waals surface area contributed by atoms with E-state index in [4.69, 9.17) is 14.4 Å². The second-order valence-corrected chi connectivity index (χ2v) is 6.51. The Bertz CT molecular complexity index is 1220. The Morgan fingerprint density at radius 2 is 2.00 bits per heavy atom. The number of anilines is 1. The number of aryl methyl sites for hydroxylation is 1. The molecule has 0 bridgehead atoms. The number of nitriles is 1. The highest BCUT2D eigenvalue weighted by Crippen LogP contribution is 2.27. The molecule has 0 aliphatic carbocycles. The Morgan fingerprint density at radius 1 is 1.17 bits per heavy atom. The van der Waals surface area contributed by atoms with Crippen LogP contribution in [0.3, 0.4) is 0 Å². The number of hydrogen-bond acceptors (Lipinski definition) is 5. The quantitative estimate of drug-likeness (QED) is 0.512. The van der Waals surface area contributed by atoms with Gasteiger partial charge in [-0.05, 0) is 43.3 Å². The number of furan rings is 1. The summed E-state index contributed by atoms with van der Waals surface area (Å²) in [6.07, 6.45) is 1.67. The molecule has 0 aliphatic rings. The summed E-state index contributed by atoms with van der Waals surface area (Å²) in [5, 5.41) is 16.1. The molecule has 0 unspecified atom stereocenters. The van der Waals surface area contributed by atoms with Gasteiger partial charge < -0.3 is 14.5 Å². The highest BCUT2D eigenvalue weighted by atomic mass is 16.5. The third-order valence-corrected chi connectivity index (χ3v) is 4.35. The van der Waals surface area contributed by atoms with E-state index in [0.717, 1.165) is 11.4 Å². The molecule has 0 saturated carbocycles. The Kier molecular flexibility index (Phi) is 5.31. The van der Waals surface area contributed by atoms with Crippen molar-refractivity contribution in [2.75, 3.05) is 11.9 Å². The largest absolute Gasteiger partial charge is 0.479 e. The van der Waals surface area contributed by atoms with Crippen LogP contribution in [-0.2, 0) is 0 Å². The maximum atomic E-state index is 13.1. The SMILES string of the molecule is Cc1ccc(-c2nn(-c3ccccc3)cc2C(=O)Nc2cccc(OCC#N)c2)o1. The number of benzene rings is 2. The topological polar surface area (TPSA) is 93.1 Å². The van der Waals surface area contributed by atoms with E-state index in [-0.39, 0.29) is 12.5 Å². The number of rotatable bonds is 6. The molecule has 0 saturated heterocycles. The molecule has 4 aromatic rings. The molecule has 7 nitrogen and oxygen atoms in total. The predicted octanol–water partition coefficient (Wildman–Crippen LogP) is 4.60. The zero-order valence-corrected chi connectivity index (χ0v) is 16.2. The van der Waals surface area contributed by atoms with Gasteiger partial charge in [-0.2, -0.15) is 10.4 Å². The molecule has 2 aromatic heterocycles. The zero-order chi connectivity index (χ0) is 20.9. The summed E-state index contributed by atoms with van der Waals surface area (Å²) in [5.74, 6) is 1.40. The summed E-state index contributed by atoms with van der Waals surface area (Å²) in [6.45, 7) is 1.77. The molecule has 30 heavy (non-hydrogen) atoms. The minimum Gasteiger partial charge on any atom is -0.479 e. The van der Waals surface area contributed by atoms with Crippen molar-refractivity contribution in [3.05, 3.63) is 84.3 Å². The fourth-order valence-electron chi connectivity index (χ4n) is 2.97. The number of hydrogen-bond donors (Lipinski definition) is 1. The van der Waals surface area contributed by atoms with Crippen LogP contribution in [0.5, 0.6) is 5.75 Å². The fourth-order valence-corrected chi connectivity index (χ4v) is 2.97. The fraction of sp³-hybridized carbons (Fsp3) is 0.0870. The second kappa shape index (κ2) is 8.37. The van der Waals surface area contributed by atoms with Crippen molar-refractivity contribution >= 4 is 11.6 Å². The molecule has 0 atom stereocenters. The maximum Gasteiger partial charge on any atom is 0.259 e. The summed E-state index contributed by atoms with van der Waals surface area (Å²) >= 11 is 0. The van der Waals surface area contributed by atoms with Crippen LogP contribution < -0.4 is 10.1 Å². The van der Waals surface area contributed by atoms with Crippen molar-refractivity contribution in [2.24, 2.45) is 0 Å². The summed E-state index contributed by atoms with van der Waals surface area (Å²) in [7, 11) is 0. The van der Waals surface area contributed by atoms with E-state index in [1.165, 1.54) is 0 Å². The van der Waals surface area contributed by atoms with Gasteiger partial charge in [-0.15, -0.1) is 0 Å². The molecular formula is C23H18N4O3. The smallest absolute Gasteiger partial charge is 0.259 e. The van der Waals surface area contributed by atoms with E-state index in [1.807, 2.05) is 49.4 Å². The van der Waals surface area contributed by atoms with E-state index in [9.17, 15) is 4.79 Å². The van der Waals surface area contributed by atoms with Gasteiger partial charge in [0, 0.05) is 18.0 Å². The first-order valence-electron chi connectivity index (χ1n) is 9.27.